The molecule has 0 saturated heterocycles. The summed E-state index contributed by atoms with van der Waals surface area (Å²) in [7, 11) is 0. The highest BCUT2D eigenvalue weighted by molar-refractivity contribution is 5.98. The molecule has 0 unspecified atom stereocenters. The molecular weight excluding hydrogens is 685 g/mol. The van der Waals surface area contributed by atoms with E-state index in [4.69, 9.17) is 0 Å². The molecule has 0 aromatic heterocycles. The average molecular weight is 739 g/mol. The summed E-state index contributed by atoms with van der Waals surface area (Å²) in [5, 5.41) is 7.88. The van der Waals surface area contributed by atoms with Gasteiger partial charge in [-0.15, -0.1) is 0 Å². The maximum atomic E-state index is 2.31. The maximum absolute atomic E-state index is 2.31. The van der Waals surface area contributed by atoms with Crippen LogP contribution in [0.3, 0.4) is 0 Å². The van der Waals surface area contributed by atoms with Gasteiger partial charge in [0.25, 0.3) is 0 Å². The molecule has 9 aromatic carbocycles. The molecule has 0 atom stereocenters. The molecule has 0 nitrogen and oxygen atoms in total. The van der Waals surface area contributed by atoms with Gasteiger partial charge in [0.05, 0.1) is 0 Å². The van der Waals surface area contributed by atoms with Gasteiger partial charge in [0, 0.05) is 0 Å². The molecule has 0 fully saturated rings. The number of benzene rings is 9. The van der Waals surface area contributed by atoms with Crippen molar-refractivity contribution >= 4 is 32.3 Å². The molecule has 282 valence electrons. The van der Waals surface area contributed by atoms with Crippen LogP contribution in [0.1, 0.15) is 76.0 Å². The van der Waals surface area contributed by atoms with E-state index >= 15 is 0 Å². The second-order valence-corrected chi connectivity index (χ2v) is 15.9. The third kappa shape index (κ3) is 9.09. The molecule has 0 heterocycles. The molecule has 0 amide bonds. The van der Waals surface area contributed by atoms with E-state index in [-0.39, 0.29) is 0 Å². The minimum atomic E-state index is 0.537. The molecule has 0 radical (unpaired) electrons. The van der Waals surface area contributed by atoms with Gasteiger partial charge in [-0.05, 0) is 100 Å². The van der Waals surface area contributed by atoms with Crippen LogP contribution in [0, 0.1) is 0 Å². The van der Waals surface area contributed by atoms with Gasteiger partial charge in [0.1, 0.15) is 0 Å². The molecule has 0 aliphatic carbocycles. The maximum Gasteiger partial charge on any atom is -0.0103 e. The Morgan fingerprint density at radius 3 is 1.19 bits per heavy atom. The highest BCUT2D eigenvalue weighted by Crippen LogP contribution is 2.35. The van der Waals surface area contributed by atoms with Gasteiger partial charge >= 0.3 is 0 Å². The zero-order valence-corrected chi connectivity index (χ0v) is 34.3. The standard InChI is InChI=1S/3C19H18/c1-14(2)16-9-5-10-17(13-16)19-12-6-8-15-7-3-4-11-18(15)19;1-14(2)16-10-5-6-12-18(16)19-13-7-9-15-8-3-4-11-17(15)19;1-14(2)15-10-12-17(13-11-15)19-9-5-7-16-6-3-4-8-18(16)19/h3*3-14H,1-2H3. The summed E-state index contributed by atoms with van der Waals surface area (Å²) >= 11 is 0. The Balaban J connectivity index is 0.000000131. The van der Waals surface area contributed by atoms with E-state index in [0.29, 0.717) is 17.8 Å². The molecule has 0 bridgehead atoms. The normalized spacial score (nSPS) is 11.1. The van der Waals surface area contributed by atoms with Crippen molar-refractivity contribution in [1.82, 2.24) is 0 Å². The number of hydrogen-bond acceptors (Lipinski definition) is 0. The average Bonchev–Trinajstić information content (AvgIpc) is 3.26. The predicted octanol–water partition coefficient (Wildman–Crippen LogP) is 16.9. The van der Waals surface area contributed by atoms with Crippen molar-refractivity contribution in [2.45, 2.75) is 59.3 Å². The summed E-state index contributed by atoms with van der Waals surface area (Å²) in [5.74, 6) is 1.69. The topological polar surface area (TPSA) is 0 Å². The summed E-state index contributed by atoms with van der Waals surface area (Å²) in [6.07, 6.45) is 0. The highest BCUT2D eigenvalue weighted by atomic mass is 14.1. The van der Waals surface area contributed by atoms with Crippen molar-refractivity contribution in [2.24, 2.45) is 0 Å². The van der Waals surface area contributed by atoms with Gasteiger partial charge in [0.15, 0.2) is 0 Å². The van der Waals surface area contributed by atoms with Crippen LogP contribution in [0.15, 0.2) is 200 Å². The van der Waals surface area contributed by atoms with Gasteiger partial charge in [-0.25, -0.2) is 0 Å². The predicted molar refractivity (Wildman–Crippen MR) is 250 cm³/mol. The van der Waals surface area contributed by atoms with E-state index < -0.39 is 0 Å². The second kappa shape index (κ2) is 18.1. The van der Waals surface area contributed by atoms with Gasteiger partial charge in [-0.3, -0.25) is 0 Å². The molecule has 0 spiro atoms. The first-order valence-corrected chi connectivity index (χ1v) is 20.5. The third-order valence-electron chi connectivity index (χ3n) is 11.0. The van der Waals surface area contributed by atoms with E-state index in [1.165, 1.54) is 82.4 Å². The van der Waals surface area contributed by atoms with Crippen molar-refractivity contribution in [3.63, 3.8) is 0 Å². The lowest BCUT2D eigenvalue weighted by atomic mass is 9.90. The van der Waals surface area contributed by atoms with Crippen molar-refractivity contribution in [3.05, 3.63) is 217 Å². The molecule has 0 N–H and O–H groups in total. The van der Waals surface area contributed by atoms with E-state index in [2.05, 4.69) is 242 Å². The van der Waals surface area contributed by atoms with E-state index in [1.54, 1.807) is 0 Å². The lowest BCUT2D eigenvalue weighted by molar-refractivity contribution is 0.867. The van der Waals surface area contributed by atoms with E-state index in [1.807, 2.05) is 0 Å². The second-order valence-electron chi connectivity index (χ2n) is 15.9. The van der Waals surface area contributed by atoms with E-state index in [0.717, 1.165) is 0 Å². The molecule has 0 aliphatic rings. The van der Waals surface area contributed by atoms with Crippen molar-refractivity contribution in [3.8, 4) is 33.4 Å². The SMILES string of the molecule is CC(C)c1ccc(-c2cccc3ccccc23)cc1.CC(C)c1cccc(-c2cccc3ccccc23)c1.CC(C)c1ccccc1-c1cccc2ccccc12. The van der Waals surface area contributed by atoms with Crippen LogP contribution >= 0.6 is 0 Å². The zero-order valence-electron chi connectivity index (χ0n) is 34.3. The smallest absolute Gasteiger partial charge is 0.0103 e. The van der Waals surface area contributed by atoms with Gasteiger partial charge in [0.2, 0.25) is 0 Å². The van der Waals surface area contributed by atoms with Crippen LogP contribution in [-0.4, -0.2) is 0 Å². The number of fused-ring (bicyclic) bond motifs is 3. The molecular formula is C57H54. The molecule has 0 aliphatic heterocycles. The zero-order chi connectivity index (χ0) is 39.7. The van der Waals surface area contributed by atoms with Crippen LogP contribution in [0.4, 0.5) is 0 Å². The number of hydrogen-bond donors (Lipinski definition) is 0. The van der Waals surface area contributed by atoms with E-state index in [9.17, 15) is 0 Å². The molecule has 0 saturated carbocycles. The van der Waals surface area contributed by atoms with Gasteiger partial charge < -0.3 is 0 Å². The summed E-state index contributed by atoms with van der Waals surface area (Å²) in [5.41, 5.74) is 12.1. The Hall–Kier alpha value is -6.24. The molecule has 57 heavy (non-hydrogen) atoms. The summed E-state index contributed by atoms with van der Waals surface area (Å²) in [4.78, 5) is 0. The van der Waals surface area contributed by atoms with Crippen LogP contribution in [0.2, 0.25) is 0 Å². The molecule has 9 rings (SSSR count). The quantitative estimate of drug-likeness (QED) is 0.159. The molecule has 9 aromatic rings. The monoisotopic (exact) mass is 738 g/mol. The fourth-order valence-corrected chi connectivity index (χ4v) is 7.77. The summed E-state index contributed by atoms with van der Waals surface area (Å²) in [6, 6.07) is 71.9. The van der Waals surface area contributed by atoms with Crippen molar-refractivity contribution < 1.29 is 0 Å². The highest BCUT2D eigenvalue weighted by Gasteiger charge is 2.11. The lowest BCUT2D eigenvalue weighted by Crippen LogP contribution is -1.92. The minimum absolute atomic E-state index is 0.537. The Kier molecular flexibility index (Phi) is 12.4. The molecule has 0 heteroatoms. The fourth-order valence-electron chi connectivity index (χ4n) is 7.77. The Morgan fingerprint density at radius 2 is 0.667 bits per heavy atom. The Labute approximate surface area is 340 Å². The van der Waals surface area contributed by atoms with Gasteiger partial charge in [-0.2, -0.15) is 0 Å². The van der Waals surface area contributed by atoms with Crippen LogP contribution < -0.4 is 0 Å². The van der Waals surface area contributed by atoms with Gasteiger partial charge in [-0.1, -0.05) is 242 Å². The largest absolute Gasteiger partial charge is 0.0619 e. The van der Waals surface area contributed by atoms with Crippen molar-refractivity contribution in [2.75, 3.05) is 0 Å². The Morgan fingerprint density at radius 1 is 0.263 bits per heavy atom. The first-order valence-electron chi connectivity index (χ1n) is 20.5. The van der Waals surface area contributed by atoms with Crippen LogP contribution in [0.25, 0.3) is 65.7 Å². The minimum Gasteiger partial charge on any atom is -0.0619 e. The Bertz CT molecular complexity index is 2690. The fraction of sp³-hybridized carbons (Fsp3) is 0.158. The first-order chi connectivity index (χ1) is 27.8. The summed E-state index contributed by atoms with van der Waals surface area (Å²) in [6.45, 7) is 13.4. The number of rotatable bonds is 6. The third-order valence-corrected chi connectivity index (χ3v) is 11.0. The lowest BCUT2D eigenvalue weighted by Gasteiger charge is -2.14. The van der Waals surface area contributed by atoms with Crippen molar-refractivity contribution in [1.29, 1.82) is 0 Å². The van der Waals surface area contributed by atoms with Crippen LogP contribution in [-0.2, 0) is 0 Å². The van der Waals surface area contributed by atoms with Crippen LogP contribution in [0.5, 0.6) is 0 Å². The first kappa shape index (κ1) is 39.0. The summed E-state index contributed by atoms with van der Waals surface area (Å²) < 4.78 is 0.